The molecule has 3 aromatic rings. The molecule has 0 radical (unpaired) electrons. The summed E-state index contributed by atoms with van der Waals surface area (Å²) in [6.45, 7) is 0.507. The Bertz CT molecular complexity index is 1200. The van der Waals surface area contributed by atoms with Gasteiger partial charge in [0.05, 0.1) is 19.9 Å². The van der Waals surface area contributed by atoms with Crippen LogP contribution >= 0.6 is 11.3 Å². The highest BCUT2D eigenvalue weighted by Gasteiger charge is 2.19. The minimum absolute atomic E-state index is 0.0247. The molecule has 31 heavy (non-hydrogen) atoms. The number of nitrogens with zero attached hydrogens (tertiary/aromatic N) is 2. The van der Waals surface area contributed by atoms with E-state index in [0.29, 0.717) is 34.3 Å². The van der Waals surface area contributed by atoms with Crippen molar-refractivity contribution in [2.24, 2.45) is 0 Å². The maximum Gasteiger partial charge on any atom is 0.271 e. The van der Waals surface area contributed by atoms with Crippen LogP contribution in [0, 0.1) is 0 Å². The number of amides is 1. The summed E-state index contributed by atoms with van der Waals surface area (Å²) in [4.78, 5) is 30.8. The molecule has 4 rings (SSSR count). The van der Waals surface area contributed by atoms with E-state index in [1.165, 1.54) is 40.3 Å². The number of carbonyl (C=O) groups is 1. The molecule has 1 N–H and O–H groups in total. The molecule has 0 aliphatic heterocycles. The highest BCUT2D eigenvalue weighted by Crippen LogP contribution is 2.35. The van der Waals surface area contributed by atoms with Crippen molar-refractivity contribution in [2.75, 3.05) is 20.8 Å². The van der Waals surface area contributed by atoms with Crippen LogP contribution in [-0.2, 0) is 0 Å². The Labute approximate surface area is 184 Å². The van der Waals surface area contributed by atoms with Gasteiger partial charge in [0.15, 0.2) is 4.96 Å². The largest absolute Gasteiger partial charge is 0.497 e. The fourth-order valence-corrected chi connectivity index (χ4v) is 4.66. The van der Waals surface area contributed by atoms with Gasteiger partial charge < -0.3 is 14.8 Å². The van der Waals surface area contributed by atoms with Gasteiger partial charge in [0.2, 0.25) is 0 Å². The number of benzene rings is 1. The Balaban J connectivity index is 1.64. The SMILES string of the molecule is COc1ccc(OC)c(-c2csc3ncc(C(=O)NCCC4=CCCCC4)c(=O)n23)c1. The van der Waals surface area contributed by atoms with E-state index in [1.54, 1.807) is 32.4 Å². The molecule has 0 saturated carbocycles. The summed E-state index contributed by atoms with van der Waals surface area (Å²) in [5, 5.41) is 4.70. The lowest BCUT2D eigenvalue weighted by molar-refractivity contribution is 0.0952. The van der Waals surface area contributed by atoms with Crippen molar-refractivity contribution in [2.45, 2.75) is 32.1 Å². The maximum absolute atomic E-state index is 13.2. The van der Waals surface area contributed by atoms with Gasteiger partial charge in [-0.15, -0.1) is 11.3 Å². The topological polar surface area (TPSA) is 81.9 Å². The van der Waals surface area contributed by atoms with E-state index >= 15 is 0 Å². The first kappa shape index (κ1) is 21.1. The Morgan fingerprint density at radius 3 is 2.87 bits per heavy atom. The van der Waals surface area contributed by atoms with E-state index in [0.717, 1.165) is 19.3 Å². The number of thiazole rings is 1. The summed E-state index contributed by atoms with van der Waals surface area (Å²) in [6.07, 6.45) is 9.07. The third-order valence-corrected chi connectivity index (χ3v) is 6.33. The van der Waals surface area contributed by atoms with Gasteiger partial charge in [0.1, 0.15) is 17.1 Å². The minimum Gasteiger partial charge on any atom is -0.497 e. The second-order valence-electron chi connectivity index (χ2n) is 7.40. The van der Waals surface area contributed by atoms with Crippen molar-refractivity contribution in [1.82, 2.24) is 14.7 Å². The highest BCUT2D eigenvalue weighted by atomic mass is 32.1. The molecule has 7 nitrogen and oxygen atoms in total. The van der Waals surface area contributed by atoms with E-state index < -0.39 is 11.5 Å². The van der Waals surface area contributed by atoms with Crippen LogP contribution in [0.1, 0.15) is 42.5 Å². The smallest absolute Gasteiger partial charge is 0.271 e. The second-order valence-corrected chi connectivity index (χ2v) is 8.23. The standard InChI is InChI=1S/C23H25N3O4S/c1-29-16-8-9-20(30-2)17(12-16)19-14-31-23-25-13-18(22(28)26(19)23)21(27)24-11-10-15-6-4-3-5-7-15/h6,8-9,12-14H,3-5,7,10-11H2,1-2H3,(H,24,27). The normalized spacial score (nSPS) is 13.7. The van der Waals surface area contributed by atoms with Crippen molar-refractivity contribution in [1.29, 1.82) is 0 Å². The Morgan fingerprint density at radius 2 is 2.13 bits per heavy atom. The van der Waals surface area contributed by atoms with Crippen LogP contribution in [0.2, 0.25) is 0 Å². The zero-order chi connectivity index (χ0) is 21.8. The Hall–Kier alpha value is -3.13. The molecular formula is C23H25N3O4S. The first-order valence-electron chi connectivity index (χ1n) is 10.3. The molecule has 0 atom stereocenters. The molecule has 2 aromatic heterocycles. The number of fused-ring (bicyclic) bond motifs is 1. The van der Waals surface area contributed by atoms with Crippen molar-refractivity contribution in [3.63, 3.8) is 0 Å². The fourth-order valence-electron chi connectivity index (χ4n) is 3.81. The predicted molar refractivity (Wildman–Crippen MR) is 121 cm³/mol. The first-order valence-corrected chi connectivity index (χ1v) is 11.2. The molecule has 1 amide bonds. The summed E-state index contributed by atoms with van der Waals surface area (Å²) in [7, 11) is 3.15. The van der Waals surface area contributed by atoms with Gasteiger partial charge in [0.25, 0.3) is 11.5 Å². The molecule has 1 aliphatic carbocycles. The lowest BCUT2D eigenvalue weighted by Gasteiger charge is -2.13. The molecule has 162 valence electrons. The maximum atomic E-state index is 13.2. The molecule has 1 aliphatic rings. The van der Waals surface area contributed by atoms with Crippen LogP contribution in [0.25, 0.3) is 16.2 Å². The van der Waals surface area contributed by atoms with Crippen molar-refractivity contribution >= 4 is 22.2 Å². The Kier molecular flexibility index (Phi) is 6.36. The van der Waals surface area contributed by atoms with Gasteiger partial charge in [0, 0.05) is 23.7 Å². The zero-order valence-corrected chi connectivity index (χ0v) is 18.5. The number of methoxy groups -OCH3 is 2. The predicted octanol–water partition coefficient (Wildman–Crippen LogP) is 4.06. The molecule has 0 saturated heterocycles. The summed E-state index contributed by atoms with van der Waals surface area (Å²) >= 11 is 1.33. The van der Waals surface area contributed by atoms with Gasteiger partial charge in [-0.3, -0.25) is 14.0 Å². The average Bonchev–Trinajstić information content (AvgIpc) is 3.24. The highest BCUT2D eigenvalue weighted by molar-refractivity contribution is 7.15. The van der Waals surface area contributed by atoms with Gasteiger partial charge >= 0.3 is 0 Å². The van der Waals surface area contributed by atoms with Crippen LogP contribution in [-0.4, -0.2) is 36.1 Å². The quantitative estimate of drug-likeness (QED) is 0.562. The van der Waals surface area contributed by atoms with Crippen molar-refractivity contribution in [3.05, 3.63) is 57.3 Å². The lowest BCUT2D eigenvalue weighted by Crippen LogP contribution is -2.32. The number of hydrogen-bond donors (Lipinski definition) is 1. The molecule has 0 fully saturated rings. The minimum atomic E-state index is -0.405. The molecule has 1 aromatic carbocycles. The summed E-state index contributed by atoms with van der Waals surface area (Å²) < 4.78 is 12.3. The van der Waals surface area contributed by atoms with Gasteiger partial charge in [-0.25, -0.2) is 4.98 Å². The number of rotatable bonds is 7. The number of hydrogen-bond acceptors (Lipinski definition) is 6. The monoisotopic (exact) mass is 439 g/mol. The van der Waals surface area contributed by atoms with Gasteiger partial charge in [-0.2, -0.15) is 0 Å². The molecule has 0 spiro atoms. The van der Waals surface area contributed by atoms with Crippen LogP contribution in [0.5, 0.6) is 11.5 Å². The number of allylic oxidation sites excluding steroid dienone is 1. The van der Waals surface area contributed by atoms with Crippen LogP contribution < -0.4 is 20.3 Å². The first-order chi connectivity index (χ1) is 15.1. The van der Waals surface area contributed by atoms with Crippen molar-refractivity contribution in [3.8, 4) is 22.8 Å². The van der Waals surface area contributed by atoms with E-state index in [9.17, 15) is 9.59 Å². The van der Waals surface area contributed by atoms with Gasteiger partial charge in [-0.1, -0.05) is 11.6 Å². The van der Waals surface area contributed by atoms with Crippen LogP contribution in [0.15, 0.2) is 46.2 Å². The average molecular weight is 440 g/mol. The van der Waals surface area contributed by atoms with E-state index in [1.807, 2.05) is 5.38 Å². The number of aromatic nitrogens is 2. The van der Waals surface area contributed by atoms with Crippen molar-refractivity contribution < 1.29 is 14.3 Å². The van der Waals surface area contributed by atoms with Crippen LogP contribution in [0.3, 0.4) is 0 Å². The molecular weight excluding hydrogens is 414 g/mol. The van der Waals surface area contributed by atoms with E-state index in [2.05, 4.69) is 16.4 Å². The summed E-state index contributed by atoms with van der Waals surface area (Å²) in [5.41, 5.74) is 2.30. The number of ether oxygens (including phenoxy) is 2. The van der Waals surface area contributed by atoms with E-state index in [4.69, 9.17) is 9.47 Å². The molecule has 0 unspecified atom stereocenters. The molecule has 0 bridgehead atoms. The summed E-state index contributed by atoms with van der Waals surface area (Å²) in [6, 6.07) is 5.38. The lowest BCUT2D eigenvalue weighted by atomic mass is 9.97. The van der Waals surface area contributed by atoms with Crippen LogP contribution in [0.4, 0.5) is 0 Å². The van der Waals surface area contributed by atoms with Gasteiger partial charge in [-0.05, 0) is 50.3 Å². The third-order valence-electron chi connectivity index (χ3n) is 5.49. The zero-order valence-electron chi connectivity index (χ0n) is 17.6. The summed E-state index contributed by atoms with van der Waals surface area (Å²) in [5.74, 6) is 0.836. The molecule has 2 heterocycles. The Morgan fingerprint density at radius 1 is 1.26 bits per heavy atom. The third kappa shape index (κ3) is 4.34. The fraction of sp³-hybridized carbons (Fsp3) is 0.348. The van der Waals surface area contributed by atoms with E-state index in [-0.39, 0.29) is 5.56 Å². The second kappa shape index (κ2) is 9.34. The number of nitrogens with one attached hydrogen (secondary N) is 1. The number of carbonyl (C=O) groups excluding carboxylic acids is 1. The molecule has 8 heteroatoms.